The fraction of sp³-hybridized carbons (Fsp3) is 1.00. The van der Waals surface area contributed by atoms with Crippen LogP contribution in [0.15, 0.2) is 0 Å². The molecule has 0 N–H and O–H groups in total. The molecule has 0 radical (unpaired) electrons. The molecule has 0 aromatic heterocycles. The van der Waals surface area contributed by atoms with Crippen molar-refractivity contribution in [3.63, 3.8) is 0 Å². The predicted octanol–water partition coefficient (Wildman–Crippen LogP) is 1.33. The molecule has 0 bridgehead atoms. The van der Waals surface area contributed by atoms with Gasteiger partial charge in [0.1, 0.15) is 0 Å². The Bertz CT molecular complexity index is 70.2. The van der Waals surface area contributed by atoms with Crippen molar-refractivity contribution in [1.29, 1.82) is 0 Å². The molecule has 1 saturated carbocycles. The largest absolute Gasteiger partial charge is 0.370 e. The van der Waals surface area contributed by atoms with Gasteiger partial charge in [0, 0.05) is 0 Å². The van der Waals surface area contributed by atoms with Gasteiger partial charge in [-0.3, -0.25) is 0 Å². The van der Waals surface area contributed by atoms with E-state index in [0.717, 1.165) is 0 Å². The van der Waals surface area contributed by atoms with Crippen LogP contribution in [0, 0.1) is 0 Å². The summed E-state index contributed by atoms with van der Waals surface area (Å²) in [4.78, 5) is 0. The third-order valence-corrected chi connectivity index (χ3v) is 1.91. The number of fused-ring (bicyclic) bond motifs is 1. The van der Waals surface area contributed by atoms with Crippen molar-refractivity contribution in [2.24, 2.45) is 0 Å². The Hall–Kier alpha value is -0.0400. The van der Waals surface area contributed by atoms with E-state index in [9.17, 15) is 0 Å². The number of hydrogen-bond acceptors (Lipinski definition) is 1. The van der Waals surface area contributed by atoms with Crippen LogP contribution in [0.4, 0.5) is 0 Å². The monoisotopic (exact) mass is 104 g/mol. The summed E-state index contributed by atoms with van der Waals surface area (Å²) in [6.07, 6.45) is 6.89. The number of ether oxygens (including phenoxy) is 1. The number of epoxide rings is 1. The van der Waals surface area contributed by atoms with Crippen LogP contribution in [-0.4, -0.2) is 12.2 Å². The van der Waals surface area contributed by atoms with Crippen molar-refractivity contribution in [3.8, 4) is 0 Å². The molecule has 2 rings (SSSR count). The Morgan fingerprint density at radius 3 is 2.00 bits per heavy atom. The van der Waals surface area contributed by atoms with Crippen molar-refractivity contribution >= 4 is 0 Å². The lowest BCUT2D eigenvalue weighted by atomic mass is 11.0. The molecular formula is C6H10O. The van der Waals surface area contributed by atoms with E-state index in [2.05, 4.69) is 0 Å². The zero-order valence-electron chi connectivity index (χ0n) is 4.39. The summed E-state index contributed by atoms with van der Waals surface area (Å²) in [5, 5.41) is 0. The first-order valence-electron chi connectivity index (χ1n) is 3.12. The molecule has 2 fully saturated rings. The Balaban J connectivity index is 1.95. The van der Waals surface area contributed by atoms with Crippen LogP contribution in [0.2, 0.25) is 0 Å². The fourth-order valence-electron chi connectivity index (χ4n) is 1.38. The van der Waals surface area contributed by atoms with Gasteiger partial charge in [-0.1, -0.05) is 12.8 Å². The van der Waals surface area contributed by atoms with Crippen molar-refractivity contribution in [1.82, 2.24) is 0 Å². The molecule has 0 spiro atoms. The number of hydrogen-bond donors (Lipinski definition) is 0. The van der Waals surface area contributed by atoms with Crippen LogP contribution in [-0.2, 0) is 4.74 Å². The molecule has 0 aromatic rings. The summed E-state index contributed by atoms with van der Waals surface area (Å²) >= 11 is 0. The van der Waals surface area contributed by atoms with Crippen molar-refractivity contribution < 1.29 is 4.74 Å². The van der Waals surface area contributed by atoms with Gasteiger partial charge in [0.05, 0.1) is 12.2 Å². The minimum absolute atomic E-state index is 0.703. The molecule has 0 amide bonds. The molecule has 2 aliphatic rings. The van der Waals surface area contributed by atoms with Gasteiger partial charge in [0.25, 0.3) is 0 Å². The highest BCUT2D eigenvalue weighted by molar-refractivity contribution is 4.87. The van der Waals surface area contributed by atoms with Crippen LogP contribution < -0.4 is 0 Å². The average Bonchev–Trinajstić information content (AvgIpc) is 2.41. The highest BCUT2D eigenvalue weighted by Crippen LogP contribution is 2.35. The zero-order chi connectivity index (χ0) is 4.69. The third-order valence-electron chi connectivity index (χ3n) is 1.91. The Morgan fingerprint density at radius 1 is 1.00 bits per heavy atom. The topological polar surface area (TPSA) is 12.5 Å². The molecule has 1 aliphatic heterocycles. The van der Waals surface area contributed by atoms with E-state index >= 15 is 0 Å². The van der Waals surface area contributed by atoms with Gasteiger partial charge in [-0.2, -0.15) is 0 Å². The first-order chi connectivity index (χ1) is 3.47. The molecule has 1 heterocycles. The summed E-state index contributed by atoms with van der Waals surface area (Å²) in [7, 11) is 0. The van der Waals surface area contributed by atoms with E-state index in [1.807, 2.05) is 0 Å². The molecule has 2 unspecified atom stereocenters. The van der Waals surface area contributed by atoms with E-state index in [4.69, 9.17) is 4.74 Å². The van der Waals surface area contributed by atoms with Gasteiger partial charge in [-0.25, -0.2) is 0 Å². The summed E-state index contributed by atoms with van der Waals surface area (Å²) in [6.45, 7) is 0. The van der Waals surface area contributed by atoms with E-state index in [1.54, 1.807) is 0 Å². The summed E-state index contributed by atoms with van der Waals surface area (Å²) in [5.41, 5.74) is 0. The molecule has 40 valence electrons. The van der Waals surface area contributed by atoms with E-state index in [-0.39, 0.29) is 0 Å². The molecule has 1 heteroatoms. The summed E-state index contributed by atoms with van der Waals surface area (Å²) < 4.78 is 5.28. The maximum absolute atomic E-state index is 5.28. The lowest BCUT2D eigenvalue weighted by Crippen LogP contribution is -2.00. The van der Waals surface area contributed by atoms with E-state index < -0.39 is 0 Å². The summed E-state index contributed by atoms with van der Waals surface area (Å²) in [6, 6.07) is 0. The molecule has 0 aromatic carbocycles. The van der Waals surface area contributed by atoms with Crippen molar-refractivity contribution in [2.45, 2.75) is 37.9 Å². The lowest BCUT2D eigenvalue weighted by Gasteiger charge is -2.00. The maximum Gasteiger partial charge on any atom is 0.0841 e. The maximum atomic E-state index is 5.28. The zero-order valence-corrected chi connectivity index (χ0v) is 4.39. The molecule has 2 atom stereocenters. The molecule has 1 nitrogen and oxygen atoms in total. The fourth-order valence-corrected chi connectivity index (χ4v) is 1.38. The Morgan fingerprint density at radius 2 is 1.57 bits per heavy atom. The van der Waals surface area contributed by atoms with Crippen LogP contribution in [0.1, 0.15) is 25.7 Å². The van der Waals surface area contributed by atoms with Crippen molar-refractivity contribution in [3.05, 3.63) is 0 Å². The van der Waals surface area contributed by atoms with E-state index in [0.29, 0.717) is 12.2 Å². The minimum Gasteiger partial charge on any atom is -0.370 e. The molecule has 7 heavy (non-hydrogen) atoms. The predicted molar refractivity (Wildman–Crippen MR) is 27.1 cm³/mol. The van der Waals surface area contributed by atoms with Crippen LogP contribution >= 0.6 is 0 Å². The van der Waals surface area contributed by atoms with Gasteiger partial charge in [-0.05, 0) is 12.8 Å². The van der Waals surface area contributed by atoms with Gasteiger partial charge < -0.3 is 4.74 Å². The van der Waals surface area contributed by atoms with Crippen molar-refractivity contribution in [2.75, 3.05) is 0 Å². The average molecular weight is 104 g/mol. The summed E-state index contributed by atoms with van der Waals surface area (Å²) in [5.74, 6) is 0. The first kappa shape index (κ1) is 3.90. The van der Waals surface area contributed by atoms with E-state index in [1.165, 1.54) is 25.7 Å². The normalized spacial score (nSPS) is 48.0. The molecule has 1 aliphatic carbocycles. The smallest absolute Gasteiger partial charge is 0.0841 e. The van der Waals surface area contributed by atoms with Gasteiger partial charge in [0.15, 0.2) is 0 Å². The molecule has 1 saturated heterocycles. The molecular weight excluding hydrogens is 94.0 g/mol. The quantitative estimate of drug-likeness (QED) is 0.333. The highest BCUT2D eigenvalue weighted by atomic mass is 16.8. The standard InChI is InChI=1S/C6H10O/c1-2-4-6-5(3-1)7-6/h5-6H,1-4H2/i1+1,2+1,3+1,4+1,5+1,6+1. The number of rotatable bonds is 0. The van der Waals surface area contributed by atoms with Crippen LogP contribution in [0.5, 0.6) is 0 Å². The third kappa shape index (κ3) is 0.556. The first-order valence-corrected chi connectivity index (χ1v) is 3.12. The van der Waals surface area contributed by atoms with Crippen LogP contribution in [0.25, 0.3) is 0 Å². The van der Waals surface area contributed by atoms with Gasteiger partial charge >= 0.3 is 0 Å². The SMILES string of the molecule is [13CH2]1[13CH2][13CH2][13CH]2O[13CH]2[13CH2]1. The second-order valence-electron chi connectivity index (χ2n) is 2.50. The second kappa shape index (κ2) is 1.22. The Kier molecular flexibility index (Phi) is 0.680. The highest BCUT2D eigenvalue weighted by Gasteiger charge is 2.39. The van der Waals surface area contributed by atoms with Gasteiger partial charge in [-0.15, -0.1) is 0 Å². The Labute approximate surface area is 43.7 Å². The van der Waals surface area contributed by atoms with Crippen LogP contribution in [0.3, 0.4) is 0 Å². The second-order valence-corrected chi connectivity index (χ2v) is 2.50. The van der Waals surface area contributed by atoms with Gasteiger partial charge in [0.2, 0.25) is 0 Å². The minimum atomic E-state index is 0.703. The lowest BCUT2D eigenvalue weighted by molar-refractivity contribution is 0.373.